The molecule has 21 heavy (non-hydrogen) atoms. The van der Waals surface area contributed by atoms with Crippen LogP contribution in [-0.4, -0.2) is 28.3 Å². The molecule has 1 N–H and O–H groups in total. The molecule has 0 atom stereocenters. The lowest BCUT2D eigenvalue weighted by Gasteiger charge is -2.10. The van der Waals surface area contributed by atoms with Crippen LogP contribution in [0.5, 0.6) is 0 Å². The molecule has 0 amide bonds. The average Bonchev–Trinajstić information content (AvgIpc) is 2.47. The Hall–Kier alpha value is -1.17. The lowest BCUT2D eigenvalue weighted by molar-refractivity contribution is 0.807. The quantitative estimate of drug-likeness (QED) is 0.842. The van der Waals surface area contributed by atoms with Crippen LogP contribution in [0.1, 0.15) is 5.56 Å². The number of benzene rings is 1. The molecule has 2 aromatic rings. The van der Waals surface area contributed by atoms with Crippen LogP contribution in [0.2, 0.25) is 10.0 Å². The maximum atomic E-state index is 12.3. The molecule has 1 aromatic carbocycles. The Labute approximate surface area is 137 Å². The summed E-state index contributed by atoms with van der Waals surface area (Å²) >= 11 is 13.9. The van der Waals surface area contributed by atoms with Crippen LogP contribution in [-0.2, 0) is 0 Å². The van der Waals surface area contributed by atoms with Gasteiger partial charge in [-0.3, -0.25) is 4.79 Å². The summed E-state index contributed by atoms with van der Waals surface area (Å²) in [5, 5.41) is 7.96. The minimum absolute atomic E-state index is 0.128. The lowest BCUT2D eigenvalue weighted by Crippen LogP contribution is -2.23. The van der Waals surface area contributed by atoms with Crippen molar-refractivity contribution in [1.29, 1.82) is 0 Å². The SMILES string of the molecule is CSCCNc1cnn(-c2ccc(C)c(Cl)c2)c(=O)c1Cl. The van der Waals surface area contributed by atoms with Crippen LogP contribution in [0.15, 0.2) is 29.2 Å². The minimum atomic E-state index is -0.370. The van der Waals surface area contributed by atoms with E-state index in [0.717, 1.165) is 17.9 Å². The Morgan fingerprint density at radius 1 is 1.38 bits per heavy atom. The summed E-state index contributed by atoms with van der Waals surface area (Å²) in [5.74, 6) is 0.924. The van der Waals surface area contributed by atoms with Gasteiger partial charge in [-0.25, -0.2) is 0 Å². The number of anilines is 1. The van der Waals surface area contributed by atoms with Crippen molar-refractivity contribution in [3.63, 3.8) is 0 Å². The maximum absolute atomic E-state index is 12.3. The number of halogens is 2. The monoisotopic (exact) mass is 343 g/mol. The Morgan fingerprint density at radius 2 is 2.14 bits per heavy atom. The van der Waals surface area contributed by atoms with E-state index in [2.05, 4.69) is 10.4 Å². The second-order valence-corrected chi connectivity index (χ2v) is 6.21. The molecule has 0 aliphatic heterocycles. The van der Waals surface area contributed by atoms with E-state index in [9.17, 15) is 4.79 Å². The van der Waals surface area contributed by atoms with E-state index in [1.165, 1.54) is 4.68 Å². The van der Waals surface area contributed by atoms with Gasteiger partial charge in [-0.05, 0) is 30.9 Å². The van der Waals surface area contributed by atoms with Gasteiger partial charge in [0.2, 0.25) is 0 Å². The van der Waals surface area contributed by atoms with E-state index < -0.39 is 0 Å². The van der Waals surface area contributed by atoms with Crippen LogP contribution in [0.3, 0.4) is 0 Å². The molecule has 0 unspecified atom stereocenters. The third-order valence-corrected chi connectivity index (χ3v) is 4.33. The summed E-state index contributed by atoms with van der Waals surface area (Å²) in [6.45, 7) is 2.62. The first-order valence-electron chi connectivity index (χ1n) is 6.31. The lowest BCUT2D eigenvalue weighted by atomic mass is 10.2. The number of thioether (sulfide) groups is 1. The fourth-order valence-corrected chi connectivity index (χ4v) is 2.42. The van der Waals surface area contributed by atoms with Crippen LogP contribution in [0.25, 0.3) is 5.69 Å². The number of hydrogen-bond acceptors (Lipinski definition) is 4. The molecule has 1 aromatic heterocycles. The van der Waals surface area contributed by atoms with Crippen molar-refractivity contribution in [3.05, 3.63) is 50.4 Å². The third kappa shape index (κ3) is 3.73. The maximum Gasteiger partial charge on any atom is 0.292 e. The highest BCUT2D eigenvalue weighted by Crippen LogP contribution is 2.20. The molecule has 1 heterocycles. The van der Waals surface area contributed by atoms with Gasteiger partial charge < -0.3 is 5.32 Å². The van der Waals surface area contributed by atoms with E-state index in [4.69, 9.17) is 23.2 Å². The standard InChI is InChI=1S/C14H15Cl2N3OS/c1-9-3-4-10(7-11(9)15)19-14(20)13(16)12(8-18-19)17-5-6-21-2/h3-4,7-8,17H,5-6H2,1-2H3. The second kappa shape index (κ2) is 7.20. The Kier molecular flexibility index (Phi) is 5.56. The van der Waals surface area contributed by atoms with Gasteiger partial charge in [-0.1, -0.05) is 29.3 Å². The predicted molar refractivity (Wildman–Crippen MR) is 91.5 cm³/mol. The minimum Gasteiger partial charge on any atom is -0.382 e. The molecular formula is C14H15Cl2N3OS. The number of hydrogen-bond donors (Lipinski definition) is 1. The summed E-state index contributed by atoms with van der Waals surface area (Å²) < 4.78 is 1.24. The van der Waals surface area contributed by atoms with Gasteiger partial charge >= 0.3 is 0 Å². The third-order valence-electron chi connectivity index (χ3n) is 2.94. The zero-order chi connectivity index (χ0) is 15.4. The molecule has 7 heteroatoms. The van der Waals surface area contributed by atoms with Gasteiger partial charge in [-0.15, -0.1) is 0 Å². The first-order chi connectivity index (χ1) is 10.0. The number of aryl methyl sites for hydroxylation is 1. The van der Waals surface area contributed by atoms with E-state index >= 15 is 0 Å². The fraction of sp³-hybridized carbons (Fsp3) is 0.286. The van der Waals surface area contributed by atoms with Crippen LogP contribution in [0.4, 0.5) is 5.69 Å². The molecule has 4 nitrogen and oxygen atoms in total. The second-order valence-electron chi connectivity index (χ2n) is 4.44. The first-order valence-corrected chi connectivity index (χ1v) is 8.46. The van der Waals surface area contributed by atoms with E-state index in [-0.39, 0.29) is 10.6 Å². The number of nitrogens with zero attached hydrogens (tertiary/aromatic N) is 2. The van der Waals surface area contributed by atoms with Crippen molar-refractivity contribution in [2.75, 3.05) is 23.9 Å². The van der Waals surface area contributed by atoms with Crippen molar-refractivity contribution in [1.82, 2.24) is 9.78 Å². The van der Waals surface area contributed by atoms with Gasteiger partial charge in [0.05, 0.1) is 17.6 Å². The Balaban J connectivity index is 2.36. The smallest absolute Gasteiger partial charge is 0.292 e. The highest BCUT2D eigenvalue weighted by molar-refractivity contribution is 7.98. The van der Waals surface area contributed by atoms with Crippen LogP contribution < -0.4 is 10.9 Å². The molecule has 0 bridgehead atoms. The Bertz CT molecular complexity index is 703. The van der Waals surface area contributed by atoms with Crippen molar-refractivity contribution in [2.24, 2.45) is 0 Å². The van der Waals surface area contributed by atoms with Gasteiger partial charge in [-0.2, -0.15) is 21.5 Å². The Morgan fingerprint density at radius 3 is 2.81 bits per heavy atom. The fourth-order valence-electron chi connectivity index (χ4n) is 1.74. The van der Waals surface area contributed by atoms with Gasteiger partial charge in [0, 0.05) is 17.3 Å². The van der Waals surface area contributed by atoms with Gasteiger partial charge in [0.25, 0.3) is 5.56 Å². The van der Waals surface area contributed by atoms with Crippen LogP contribution >= 0.6 is 35.0 Å². The van der Waals surface area contributed by atoms with Crippen LogP contribution in [0, 0.1) is 6.92 Å². The summed E-state index contributed by atoms with van der Waals surface area (Å²) in [4.78, 5) is 12.3. The molecule has 0 spiro atoms. The zero-order valence-electron chi connectivity index (χ0n) is 11.7. The van der Waals surface area contributed by atoms with Crippen molar-refractivity contribution in [2.45, 2.75) is 6.92 Å². The number of nitrogens with one attached hydrogen (secondary N) is 1. The van der Waals surface area contributed by atoms with E-state index in [1.54, 1.807) is 30.1 Å². The average molecular weight is 344 g/mol. The topological polar surface area (TPSA) is 46.9 Å². The van der Waals surface area contributed by atoms with E-state index in [0.29, 0.717) is 16.4 Å². The largest absolute Gasteiger partial charge is 0.382 e. The highest BCUT2D eigenvalue weighted by atomic mass is 35.5. The number of rotatable bonds is 5. The summed E-state index contributed by atoms with van der Waals surface area (Å²) in [7, 11) is 0. The predicted octanol–water partition coefficient (Wildman–Crippen LogP) is 3.62. The highest BCUT2D eigenvalue weighted by Gasteiger charge is 2.11. The van der Waals surface area contributed by atoms with Crippen molar-refractivity contribution in [3.8, 4) is 5.69 Å². The molecule has 0 saturated carbocycles. The molecule has 112 valence electrons. The normalized spacial score (nSPS) is 10.7. The zero-order valence-corrected chi connectivity index (χ0v) is 14.0. The summed E-state index contributed by atoms with van der Waals surface area (Å²) in [6, 6.07) is 5.32. The first kappa shape index (κ1) is 16.2. The molecule has 2 rings (SSSR count). The molecular weight excluding hydrogens is 329 g/mol. The van der Waals surface area contributed by atoms with Gasteiger partial charge in [0.1, 0.15) is 5.02 Å². The van der Waals surface area contributed by atoms with E-state index in [1.807, 2.05) is 19.2 Å². The molecule has 0 aliphatic carbocycles. The van der Waals surface area contributed by atoms with Crippen molar-refractivity contribution < 1.29 is 0 Å². The summed E-state index contributed by atoms with van der Waals surface area (Å²) in [6.07, 6.45) is 3.57. The molecule has 0 aliphatic rings. The molecule has 0 saturated heterocycles. The van der Waals surface area contributed by atoms with Crippen molar-refractivity contribution >= 4 is 40.7 Å². The molecule has 0 fully saturated rings. The number of aromatic nitrogens is 2. The van der Waals surface area contributed by atoms with Gasteiger partial charge in [0.15, 0.2) is 0 Å². The summed E-state index contributed by atoms with van der Waals surface area (Å²) in [5.41, 5.74) is 1.71. The molecule has 0 radical (unpaired) electrons.